The summed E-state index contributed by atoms with van der Waals surface area (Å²) in [6, 6.07) is 20.8. The average Bonchev–Trinajstić information content (AvgIpc) is 2.82. The first-order chi connectivity index (χ1) is 15.8. The maximum atomic E-state index is 13.6. The summed E-state index contributed by atoms with van der Waals surface area (Å²) in [7, 11) is 0. The van der Waals surface area contributed by atoms with Gasteiger partial charge in [-0.05, 0) is 57.5 Å². The van der Waals surface area contributed by atoms with Crippen molar-refractivity contribution in [3.63, 3.8) is 0 Å². The molecule has 3 aromatic rings. The fourth-order valence-corrected chi connectivity index (χ4v) is 4.73. The molecule has 0 aliphatic carbocycles. The number of ether oxygens (including phenoxy) is 1. The van der Waals surface area contributed by atoms with Gasteiger partial charge in [-0.25, -0.2) is 9.18 Å². The lowest BCUT2D eigenvalue weighted by atomic mass is 9.96. The zero-order chi connectivity index (χ0) is 23.8. The van der Waals surface area contributed by atoms with Gasteiger partial charge in [0.2, 0.25) is 0 Å². The van der Waals surface area contributed by atoms with Crippen molar-refractivity contribution in [2.45, 2.75) is 10.8 Å². The van der Waals surface area contributed by atoms with Crippen LogP contribution in [0.3, 0.4) is 0 Å². The summed E-state index contributed by atoms with van der Waals surface area (Å²) in [6.07, 6.45) is 2.02. The largest absolute Gasteiger partial charge is 0.481 e. The third-order valence-corrected chi connectivity index (χ3v) is 6.43. The SMILES string of the molecule is O=C(O)COc1ccc(SC/C=C(/c2ccccc2)c2ccc(C(F)(F)CF)cc2)cc1I. The summed E-state index contributed by atoms with van der Waals surface area (Å²) >= 11 is 3.67. The first kappa shape index (κ1) is 25.2. The van der Waals surface area contributed by atoms with Gasteiger partial charge in [-0.15, -0.1) is 11.8 Å². The van der Waals surface area contributed by atoms with Gasteiger partial charge in [0.25, 0.3) is 0 Å². The molecule has 33 heavy (non-hydrogen) atoms. The molecule has 0 amide bonds. The molecule has 0 aromatic heterocycles. The molecule has 3 nitrogen and oxygen atoms in total. The van der Waals surface area contributed by atoms with E-state index in [0.29, 0.717) is 11.5 Å². The van der Waals surface area contributed by atoms with Crippen LogP contribution in [0.2, 0.25) is 0 Å². The summed E-state index contributed by atoms with van der Waals surface area (Å²) in [5.41, 5.74) is 2.23. The predicted octanol–water partition coefficient (Wildman–Crippen LogP) is 7.04. The Bertz CT molecular complexity index is 1120. The topological polar surface area (TPSA) is 46.5 Å². The quantitative estimate of drug-likeness (QED) is 0.205. The van der Waals surface area contributed by atoms with Gasteiger partial charge in [-0.3, -0.25) is 0 Å². The van der Waals surface area contributed by atoms with Gasteiger partial charge in [0, 0.05) is 16.2 Å². The second-order valence-corrected chi connectivity index (χ2v) is 9.24. The van der Waals surface area contributed by atoms with Gasteiger partial charge in [0.1, 0.15) is 5.75 Å². The Kier molecular flexibility index (Phi) is 8.85. The minimum atomic E-state index is -3.50. The van der Waals surface area contributed by atoms with Gasteiger partial charge in [-0.2, -0.15) is 8.78 Å². The number of carboxylic acids is 1. The van der Waals surface area contributed by atoms with Crippen molar-refractivity contribution in [3.8, 4) is 5.75 Å². The molecule has 0 spiro atoms. The van der Waals surface area contributed by atoms with Crippen molar-refractivity contribution < 1.29 is 27.8 Å². The van der Waals surface area contributed by atoms with Gasteiger partial charge in [0.15, 0.2) is 13.3 Å². The number of carboxylic acid groups (broad SMARTS) is 1. The van der Waals surface area contributed by atoms with Gasteiger partial charge >= 0.3 is 11.9 Å². The molecule has 0 radical (unpaired) electrons. The summed E-state index contributed by atoms with van der Waals surface area (Å²) in [6.45, 7) is -2.13. The predicted molar refractivity (Wildman–Crippen MR) is 133 cm³/mol. The number of aliphatic carboxylic acids is 1. The zero-order valence-electron chi connectivity index (χ0n) is 17.3. The fraction of sp³-hybridized carbons (Fsp3) is 0.160. The van der Waals surface area contributed by atoms with Crippen molar-refractivity contribution in [2.24, 2.45) is 0 Å². The number of halogens is 4. The molecule has 0 aliphatic heterocycles. The summed E-state index contributed by atoms with van der Waals surface area (Å²) in [5.74, 6) is -3.42. The first-order valence-electron chi connectivity index (χ1n) is 9.87. The third kappa shape index (κ3) is 7.01. The van der Waals surface area contributed by atoms with Gasteiger partial charge in [-0.1, -0.05) is 60.7 Å². The number of hydrogen-bond acceptors (Lipinski definition) is 3. The molecule has 0 aliphatic rings. The molecule has 3 rings (SSSR count). The minimum absolute atomic E-state index is 0.352. The highest BCUT2D eigenvalue weighted by Crippen LogP contribution is 2.32. The molecular formula is C25H20F3IO3S. The lowest BCUT2D eigenvalue weighted by molar-refractivity contribution is -0.139. The number of carbonyl (C=O) groups is 1. The van der Waals surface area contributed by atoms with E-state index in [4.69, 9.17) is 9.84 Å². The van der Waals surface area contributed by atoms with Crippen LogP contribution in [0.25, 0.3) is 5.57 Å². The highest BCUT2D eigenvalue weighted by Gasteiger charge is 2.31. The standard InChI is InChI=1S/C25H20F3IO3S/c26-16-25(27,28)19-8-6-18(7-9-19)21(17-4-2-1-3-5-17)12-13-33-20-10-11-23(22(29)14-20)32-15-24(30)31/h1-12,14H,13,15-16H2,(H,30,31)/b21-12-. The molecule has 0 fully saturated rings. The van der Waals surface area contributed by atoms with Crippen molar-refractivity contribution >= 4 is 45.9 Å². The summed E-state index contributed by atoms with van der Waals surface area (Å²) < 4.78 is 46.0. The van der Waals surface area contributed by atoms with Crippen LogP contribution in [-0.4, -0.2) is 30.1 Å². The second-order valence-electron chi connectivity index (χ2n) is 6.98. The smallest absolute Gasteiger partial charge is 0.341 e. The molecule has 0 heterocycles. The highest BCUT2D eigenvalue weighted by atomic mass is 127. The van der Waals surface area contributed by atoms with Crippen LogP contribution in [0, 0.1) is 3.57 Å². The molecule has 0 saturated carbocycles. The molecule has 3 aromatic carbocycles. The van der Waals surface area contributed by atoms with Crippen LogP contribution >= 0.6 is 34.4 Å². The van der Waals surface area contributed by atoms with E-state index in [1.807, 2.05) is 48.5 Å². The molecule has 0 bridgehead atoms. The Balaban J connectivity index is 1.79. The average molecular weight is 584 g/mol. The van der Waals surface area contributed by atoms with Crippen LogP contribution in [0.5, 0.6) is 5.75 Å². The Morgan fingerprint density at radius 2 is 1.70 bits per heavy atom. The van der Waals surface area contributed by atoms with E-state index in [-0.39, 0.29) is 5.56 Å². The first-order valence-corrected chi connectivity index (χ1v) is 11.9. The van der Waals surface area contributed by atoms with Crippen LogP contribution in [-0.2, 0) is 10.7 Å². The zero-order valence-corrected chi connectivity index (χ0v) is 20.3. The van der Waals surface area contributed by atoms with E-state index < -0.39 is 25.2 Å². The van der Waals surface area contributed by atoms with Crippen molar-refractivity contribution in [1.82, 2.24) is 0 Å². The Labute approximate surface area is 207 Å². The molecule has 0 unspecified atom stereocenters. The van der Waals surface area contributed by atoms with Crippen molar-refractivity contribution in [2.75, 3.05) is 19.0 Å². The Morgan fingerprint density at radius 3 is 2.30 bits per heavy atom. The maximum Gasteiger partial charge on any atom is 0.341 e. The third-order valence-electron chi connectivity index (χ3n) is 4.66. The van der Waals surface area contributed by atoms with Gasteiger partial charge < -0.3 is 9.84 Å². The summed E-state index contributed by atoms with van der Waals surface area (Å²) in [4.78, 5) is 11.7. The van der Waals surface area contributed by atoms with Crippen molar-refractivity contribution in [1.29, 1.82) is 0 Å². The molecule has 0 saturated heterocycles. The summed E-state index contributed by atoms with van der Waals surface area (Å²) in [5, 5.41) is 8.75. The normalized spacial score (nSPS) is 11.9. The van der Waals surface area contributed by atoms with E-state index in [0.717, 1.165) is 25.2 Å². The number of hydrogen-bond donors (Lipinski definition) is 1. The van der Waals surface area contributed by atoms with E-state index >= 15 is 0 Å². The van der Waals surface area contributed by atoms with E-state index in [2.05, 4.69) is 22.6 Å². The number of rotatable bonds is 10. The van der Waals surface area contributed by atoms with Crippen molar-refractivity contribution in [3.05, 3.63) is 99.1 Å². The molecule has 0 atom stereocenters. The number of benzene rings is 3. The van der Waals surface area contributed by atoms with Crippen LogP contribution in [0.1, 0.15) is 16.7 Å². The van der Waals surface area contributed by atoms with Crippen LogP contribution < -0.4 is 4.74 Å². The molecule has 1 N–H and O–H groups in total. The molecule has 172 valence electrons. The van der Waals surface area contributed by atoms with E-state index in [1.165, 1.54) is 12.1 Å². The van der Waals surface area contributed by atoms with Crippen LogP contribution in [0.15, 0.2) is 83.8 Å². The lowest BCUT2D eigenvalue weighted by Crippen LogP contribution is -2.15. The number of thioether (sulfide) groups is 1. The van der Waals surface area contributed by atoms with E-state index in [9.17, 15) is 18.0 Å². The fourth-order valence-electron chi connectivity index (χ4n) is 3.04. The highest BCUT2D eigenvalue weighted by molar-refractivity contribution is 14.1. The Hall–Kier alpha value is -2.46. The monoisotopic (exact) mass is 584 g/mol. The lowest BCUT2D eigenvalue weighted by Gasteiger charge is -2.14. The van der Waals surface area contributed by atoms with Crippen LogP contribution in [0.4, 0.5) is 13.2 Å². The minimum Gasteiger partial charge on any atom is -0.481 e. The Morgan fingerprint density at radius 1 is 1.03 bits per heavy atom. The second kappa shape index (κ2) is 11.6. The van der Waals surface area contributed by atoms with E-state index in [1.54, 1.807) is 30.0 Å². The maximum absolute atomic E-state index is 13.6. The molecular weight excluding hydrogens is 564 g/mol. The molecule has 8 heteroatoms. The number of alkyl halides is 3. The van der Waals surface area contributed by atoms with Gasteiger partial charge in [0.05, 0.1) is 3.57 Å².